The molecule has 1 saturated heterocycles. The van der Waals surface area contributed by atoms with Gasteiger partial charge in [-0.15, -0.1) is 0 Å². The molecule has 1 aliphatic heterocycles. The second-order valence-corrected chi connectivity index (χ2v) is 6.38. The second kappa shape index (κ2) is 8.57. The monoisotopic (exact) mass is 320 g/mol. The van der Waals surface area contributed by atoms with E-state index in [1.54, 1.807) is 13.8 Å². The molecule has 1 heterocycles. The fourth-order valence-corrected chi connectivity index (χ4v) is 2.99. The smallest absolute Gasteiger partial charge is 0.227 e. The lowest BCUT2D eigenvalue weighted by Gasteiger charge is -2.42. The number of hydrogen-bond donors (Lipinski definition) is 4. The van der Waals surface area contributed by atoms with Crippen LogP contribution in [0.5, 0.6) is 0 Å². The van der Waals surface area contributed by atoms with Crippen molar-refractivity contribution in [3.8, 4) is 0 Å². The van der Waals surface area contributed by atoms with E-state index < -0.39 is 24.2 Å². The first-order valence-corrected chi connectivity index (χ1v) is 8.12. The van der Waals surface area contributed by atoms with E-state index in [4.69, 9.17) is 10.5 Å². The number of ether oxygens (including phenoxy) is 1. The molecule has 2 amide bonds. The van der Waals surface area contributed by atoms with Crippen LogP contribution in [0.4, 0.5) is 0 Å². The molecule has 21 heavy (non-hydrogen) atoms. The number of primary amides is 1. The molecule has 122 valence electrons. The summed E-state index contributed by atoms with van der Waals surface area (Å²) >= 11 is 1.30. The van der Waals surface area contributed by atoms with Crippen LogP contribution >= 0.6 is 11.8 Å². The Morgan fingerprint density at radius 2 is 2.05 bits per heavy atom. The van der Waals surface area contributed by atoms with Crippen LogP contribution in [0.2, 0.25) is 0 Å². The van der Waals surface area contributed by atoms with Crippen LogP contribution in [0.3, 0.4) is 0 Å². The van der Waals surface area contributed by atoms with Crippen LogP contribution in [0, 0.1) is 5.92 Å². The highest BCUT2D eigenvalue weighted by Crippen LogP contribution is 2.25. The van der Waals surface area contributed by atoms with Crippen LogP contribution in [0.15, 0.2) is 0 Å². The van der Waals surface area contributed by atoms with Crippen molar-refractivity contribution in [3.05, 3.63) is 0 Å². The Morgan fingerprint density at radius 3 is 2.62 bits per heavy atom. The molecule has 0 unspecified atom stereocenters. The molecule has 5 N–H and O–H groups in total. The van der Waals surface area contributed by atoms with Crippen LogP contribution in [-0.4, -0.2) is 64.5 Å². The number of aliphatic hydroxyl groups is 2. The molecule has 0 aromatic carbocycles. The summed E-state index contributed by atoms with van der Waals surface area (Å²) in [6, 6.07) is -0.503. The molecule has 0 saturated carbocycles. The van der Waals surface area contributed by atoms with Gasteiger partial charge in [-0.05, 0) is 6.92 Å². The number of rotatable bonds is 7. The minimum Gasteiger partial charge on any atom is -0.394 e. The molecule has 1 aliphatic rings. The lowest BCUT2D eigenvalue weighted by molar-refractivity contribution is -0.161. The maximum absolute atomic E-state index is 11.8. The average Bonchev–Trinajstić information content (AvgIpc) is 2.43. The van der Waals surface area contributed by atoms with E-state index in [1.165, 1.54) is 11.8 Å². The summed E-state index contributed by atoms with van der Waals surface area (Å²) in [5.41, 5.74) is 5.01. The highest BCUT2D eigenvalue weighted by molar-refractivity contribution is 7.99. The minimum absolute atomic E-state index is 0.160. The molecular weight excluding hydrogens is 296 g/mol. The summed E-state index contributed by atoms with van der Waals surface area (Å²) in [5, 5.41) is 22.2. The molecule has 5 atom stereocenters. The maximum Gasteiger partial charge on any atom is 0.227 e. The Balaban J connectivity index is 2.42. The largest absolute Gasteiger partial charge is 0.394 e. The summed E-state index contributed by atoms with van der Waals surface area (Å²) in [5.74, 6) is -0.203. The highest BCUT2D eigenvalue weighted by atomic mass is 32.2. The third kappa shape index (κ3) is 5.46. The van der Waals surface area contributed by atoms with E-state index in [9.17, 15) is 19.8 Å². The predicted molar refractivity (Wildman–Crippen MR) is 79.7 cm³/mol. The lowest BCUT2D eigenvalue weighted by Crippen LogP contribution is -2.60. The standard InChI is InChI=1S/C13H24N2O5S/c1-7-9(5-16)20-8(2)12(13(7)19)15-11(18)3-4-21-6-10(14)17/h7-9,12-13,16,19H,3-6H2,1-2H3,(H2,14,17)(H,15,18)/t7-,8+,9-,12+,13-/m1/s1. The average molecular weight is 320 g/mol. The Kier molecular flexibility index (Phi) is 7.44. The van der Waals surface area contributed by atoms with Gasteiger partial charge in [-0.25, -0.2) is 0 Å². The van der Waals surface area contributed by atoms with Crippen molar-refractivity contribution in [1.82, 2.24) is 5.32 Å². The van der Waals surface area contributed by atoms with Crippen molar-refractivity contribution in [1.29, 1.82) is 0 Å². The van der Waals surface area contributed by atoms with Crippen LogP contribution in [0.1, 0.15) is 20.3 Å². The van der Waals surface area contributed by atoms with Crippen molar-refractivity contribution in [2.45, 2.75) is 44.6 Å². The Bertz CT molecular complexity index is 368. The third-order valence-electron chi connectivity index (χ3n) is 3.61. The first-order chi connectivity index (χ1) is 9.86. The number of carbonyl (C=O) groups excluding carboxylic acids is 2. The van der Waals surface area contributed by atoms with Gasteiger partial charge in [0, 0.05) is 18.1 Å². The third-order valence-corrected chi connectivity index (χ3v) is 4.60. The van der Waals surface area contributed by atoms with Gasteiger partial charge < -0.3 is 26.0 Å². The zero-order chi connectivity index (χ0) is 16.0. The highest BCUT2D eigenvalue weighted by Gasteiger charge is 2.41. The summed E-state index contributed by atoms with van der Waals surface area (Å²) in [4.78, 5) is 22.4. The normalized spacial score (nSPS) is 32.7. The van der Waals surface area contributed by atoms with E-state index in [-0.39, 0.29) is 36.7 Å². The van der Waals surface area contributed by atoms with Crippen LogP contribution in [-0.2, 0) is 14.3 Å². The number of thioether (sulfide) groups is 1. The quantitative estimate of drug-likeness (QED) is 0.440. The van der Waals surface area contributed by atoms with Crippen molar-refractivity contribution in [3.63, 3.8) is 0 Å². The Labute approximate surface area is 128 Å². The molecule has 0 aromatic heterocycles. The van der Waals surface area contributed by atoms with Gasteiger partial charge in [0.05, 0.1) is 36.7 Å². The number of amides is 2. The number of nitrogens with two attached hydrogens (primary N) is 1. The number of aliphatic hydroxyl groups excluding tert-OH is 2. The van der Waals surface area contributed by atoms with Gasteiger partial charge in [0.1, 0.15) is 0 Å². The Hall–Kier alpha value is -0.830. The van der Waals surface area contributed by atoms with Gasteiger partial charge in [0.25, 0.3) is 0 Å². The molecule has 1 fully saturated rings. The van der Waals surface area contributed by atoms with Crippen molar-refractivity contribution in [2.75, 3.05) is 18.1 Å². The SMILES string of the molecule is C[C@H]1[C@@H](O)[C@@H](NC(=O)CCSCC(N)=O)[C@H](C)O[C@@H]1CO. The molecule has 0 aromatic rings. The number of hydrogen-bond acceptors (Lipinski definition) is 6. The molecule has 0 aliphatic carbocycles. The zero-order valence-electron chi connectivity index (χ0n) is 12.3. The van der Waals surface area contributed by atoms with Gasteiger partial charge in [-0.1, -0.05) is 6.92 Å². The first-order valence-electron chi connectivity index (χ1n) is 6.96. The number of carbonyl (C=O) groups is 2. The van der Waals surface area contributed by atoms with Crippen LogP contribution in [0.25, 0.3) is 0 Å². The van der Waals surface area contributed by atoms with Gasteiger partial charge >= 0.3 is 0 Å². The maximum atomic E-state index is 11.8. The van der Waals surface area contributed by atoms with E-state index in [1.807, 2.05) is 0 Å². The zero-order valence-corrected chi connectivity index (χ0v) is 13.1. The second-order valence-electron chi connectivity index (χ2n) is 5.27. The van der Waals surface area contributed by atoms with Crippen molar-refractivity contribution >= 4 is 23.6 Å². The predicted octanol–water partition coefficient (Wildman–Crippen LogP) is -1.14. The molecule has 8 heteroatoms. The topological polar surface area (TPSA) is 122 Å². The van der Waals surface area contributed by atoms with E-state index >= 15 is 0 Å². The van der Waals surface area contributed by atoms with Gasteiger partial charge in [0.2, 0.25) is 11.8 Å². The first kappa shape index (κ1) is 18.2. The van der Waals surface area contributed by atoms with Crippen molar-refractivity contribution < 1.29 is 24.5 Å². The summed E-state index contributed by atoms with van der Waals surface area (Å²) in [7, 11) is 0. The lowest BCUT2D eigenvalue weighted by atomic mass is 9.87. The van der Waals surface area contributed by atoms with E-state index in [0.717, 1.165) is 0 Å². The summed E-state index contributed by atoms with van der Waals surface area (Å²) in [6.07, 6.45) is -1.33. The van der Waals surface area contributed by atoms with Gasteiger partial charge in [-0.3, -0.25) is 9.59 Å². The fraction of sp³-hybridized carbons (Fsp3) is 0.846. The van der Waals surface area contributed by atoms with E-state index in [2.05, 4.69) is 5.32 Å². The molecule has 1 rings (SSSR count). The van der Waals surface area contributed by atoms with Crippen LogP contribution < -0.4 is 11.1 Å². The summed E-state index contributed by atoms with van der Waals surface area (Å²) < 4.78 is 5.60. The van der Waals surface area contributed by atoms with E-state index in [0.29, 0.717) is 5.75 Å². The molecule has 0 bridgehead atoms. The fourth-order valence-electron chi connectivity index (χ4n) is 2.32. The molecule has 0 spiro atoms. The summed E-state index contributed by atoms with van der Waals surface area (Å²) in [6.45, 7) is 3.37. The molecular formula is C13H24N2O5S. The van der Waals surface area contributed by atoms with Crippen molar-refractivity contribution in [2.24, 2.45) is 11.7 Å². The molecule has 0 radical (unpaired) electrons. The molecule has 7 nitrogen and oxygen atoms in total. The Morgan fingerprint density at radius 1 is 1.38 bits per heavy atom. The number of nitrogens with one attached hydrogen (secondary N) is 1. The van der Waals surface area contributed by atoms with Gasteiger partial charge in [0.15, 0.2) is 0 Å². The minimum atomic E-state index is -0.770. The van der Waals surface area contributed by atoms with Gasteiger partial charge in [-0.2, -0.15) is 11.8 Å².